The van der Waals surface area contributed by atoms with Crippen LogP contribution in [-0.2, 0) is 9.63 Å². The van der Waals surface area contributed by atoms with Crippen LogP contribution in [0.15, 0.2) is 59.8 Å². The Hall–Kier alpha value is -3.55. The molecule has 0 atom stereocenters. The van der Waals surface area contributed by atoms with Gasteiger partial charge in [-0.05, 0) is 36.4 Å². The lowest BCUT2D eigenvalue weighted by molar-refractivity contribution is -0.120. The number of benzene rings is 2. The number of hydrogen-bond donors (Lipinski definition) is 2. The van der Waals surface area contributed by atoms with Gasteiger partial charge in [0, 0.05) is 25.3 Å². The van der Waals surface area contributed by atoms with Gasteiger partial charge in [0.25, 0.3) is 11.8 Å². The summed E-state index contributed by atoms with van der Waals surface area (Å²) in [6, 6.07) is 15.7. The summed E-state index contributed by atoms with van der Waals surface area (Å²) >= 11 is 0. The van der Waals surface area contributed by atoms with E-state index in [0.717, 1.165) is 0 Å². The molecule has 8 nitrogen and oxygen atoms in total. The number of amidine groups is 1. The van der Waals surface area contributed by atoms with Crippen molar-refractivity contribution >= 4 is 23.3 Å². The van der Waals surface area contributed by atoms with E-state index in [-0.39, 0.29) is 25.0 Å². The van der Waals surface area contributed by atoms with E-state index in [2.05, 4.69) is 10.5 Å². The molecule has 0 aliphatic heterocycles. The third-order valence-corrected chi connectivity index (χ3v) is 3.33. The second-order valence-corrected chi connectivity index (χ2v) is 5.78. The van der Waals surface area contributed by atoms with Crippen LogP contribution in [0.1, 0.15) is 10.4 Å². The molecule has 2 aromatic carbocycles. The van der Waals surface area contributed by atoms with E-state index < -0.39 is 5.91 Å². The van der Waals surface area contributed by atoms with E-state index in [1.54, 1.807) is 50.5 Å². The second-order valence-electron chi connectivity index (χ2n) is 5.78. The van der Waals surface area contributed by atoms with E-state index in [0.29, 0.717) is 17.0 Å². The highest BCUT2D eigenvalue weighted by atomic mass is 16.6. The number of carbonyl (C=O) groups is 2. The number of carbonyl (C=O) groups excluding carboxylic acids is 2. The quantitative estimate of drug-likeness (QED) is 0.418. The Kier molecular flexibility index (Phi) is 7.18. The smallest absolute Gasteiger partial charge is 0.265 e. The third-order valence-electron chi connectivity index (χ3n) is 3.33. The number of para-hydroxylation sites is 1. The normalized spacial score (nSPS) is 10.8. The van der Waals surface area contributed by atoms with Gasteiger partial charge < -0.3 is 25.5 Å². The zero-order chi connectivity index (χ0) is 19.6. The van der Waals surface area contributed by atoms with Gasteiger partial charge in [0.1, 0.15) is 12.4 Å². The lowest BCUT2D eigenvalue weighted by Crippen LogP contribution is -2.23. The molecule has 0 heterocycles. The minimum Gasteiger partial charge on any atom is -0.486 e. The molecule has 0 aliphatic carbocycles. The Bertz CT molecular complexity index is 789. The highest BCUT2D eigenvalue weighted by molar-refractivity contribution is 5.95. The van der Waals surface area contributed by atoms with Gasteiger partial charge in [-0.15, -0.1) is 0 Å². The van der Waals surface area contributed by atoms with Crippen LogP contribution in [0.5, 0.6) is 5.75 Å². The molecule has 2 rings (SSSR count). The Morgan fingerprint density at radius 1 is 1.04 bits per heavy atom. The SMILES string of the molecule is CN(C)C(=O)c1ccc(NC(=O)CO/N=C(/N)COc2ccccc2)cc1. The van der Waals surface area contributed by atoms with Gasteiger partial charge in [-0.1, -0.05) is 23.4 Å². The van der Waals surface area contributed by atoms with Gasteiger partial charge in [-0.2, -0.15) is 0 Å². The zero-order valence-corrected chi connectivity index (χ0v) is 15.2. The van der Waals surface area contributed by atoms with Crippen molar-refractivity contribution in [1.29, 1.82) is 0 Å². The first-order valence-corrected chi connectivity index (χ1v) is 8.19. The fourth-order valence-corrected chi connectivity index (χ4v) is 2.03. The number of amides is 2. The molecule has 0 aliphatic rings. The van der Waals surface area contributed by atoms with Crippen molar-refractivity contribution in [3.63, 3.8) is 0 Å². The van der Waals surface area contributed by atoms with E-state index in [4.69, 9.17) is 15.3 Å². The monoisotopic (exact) mass is 370 g/mol. The molecule has 3 N–H and O–H groups in total. The number of rotatable bonds is 8. The predicted molar refractivity (Wildman–Crippen MR) is 103 cm³/mol. The number of oxime groups is 1. The number of nitrogens with one attached hydrogen (secondary N) is 1. The van der Waals surface area contributed by atoms with Crippen molar-refractivity contribution in [2.75, 3.05) is 32.6 Å². The molecular formula is C19H22N4O4. The average Bonchev–Trinajstić information content (AvgIpc) is 2.67. The summed E-state index contributed by atoms with van der Waals surface area (Å²) < 4.78 is 5.40. The van der Waals surface area contributed by atoms with E-state index in [9.17, 15) is 9.59 Å². The fraction of sp³-hybridized carbons (Fsp3) is 0.211. The zero-order valence-electron chi connectivity index (χ0n) is 15.2. The van der Waals surface area contributed by atoms with Gasteiger partial charge in [0.05, 0.1) is 0 Å². The molecule has 0 saturated heterocycles. The van der Waals surface area contributed by atoms with Crippen LogP contribution in [0.2, 0.25) is 0 Å². The maximum absolute atomic E-state index is 11.8. The maximum atomic E-state index is 11.8. The molecule has 27 heavy (non-hydrogen) atoms. The lowest BCUT2D eigenvalue weighted by Gasteiger charge is -2.11. The summed E-state index contributed by atoms with van der Waals surface area (Å²) in [5, 5.41) is 6.27. The molecule has 142 valence electrons. The van der Waals surface area contributed by atoms with Gasteiger partial charge in [0.2, 0.25) is 0 Å². The molecule has 0 bridgehead atoms. The topological polar surface area (TPSA) is 106 Å². The van der Waals surface area contributed by atoms with Crippen molar-refractivity contribution in [3.05, 3.63) is 60.2 Å². The lowest BCUT2D eigenvalue weighted by atomic mass is 10.2. The van der Waals surface area contributed by atoms with Crippen LogP contribution < -0.4 is 15.8 Å². The van der Waals surface area contributed by atoms with Crippen molar-refractivity contribution in [2.24, 2.45) is 10.9 Å². The van der Waals surface area contributed by atoms with Crippen molar-refractivity contribution < 1.29 is 19.2 Å². The molecule has 0 unspecified atom stereocenters. The maximum Gasteiger partial charge on any atom is 0.265 e. The number of hydrogen-bond acceptors (Lipinski definition) is 5. The van der Waals surface area contributed by atoms with E-state index in [1.807, 2.05) is 18.2 Å². The minimum absolute atomic E-state index is 0.0486. The minimum atomic E-state index is -0.401. The van der Waals surface area contributed by atoms with Gasteiger partial charge >= 0.3 is 0 Å². The fourth-order valence-electron chi connectivity index (χ4n) is 2.03. The van der Waals surface area contributed by atoms with Crippen LogP contribution in [0.4, 0.5) is 5.69 Å². The standard InChI is InChI=1S/C19H22N4O4/c1-23(2)19(25)14-8-10-15(11-9-14)21-18(24)13-27-22-17(20)12-26-16-6-4-3-5-7-16/h3-11H,12-13H2,1-2H3,(H2,20,22)(H,21,24). The molecule has 8 heteroatoms. The highest BCUT2D eigenvalue weighted by Gasteiger charge is 2.08. The Morgan fingerprint density at radius 2 is 1.70 bits per heavy atom. The molecule has 2 amide bonds. The van der Waals surface area contributed by atoms with Crippen molar-refractivity contribution in [1.82, 2.24) is 4.90 Å². The number of nitrogens with zero attached hydrogens (tertiary/aromatic N) is 2. The number of ether oxygens (including phenoxy) is 1. The first-order chi connectivity index (χ1) is 13.0. The highest BCUT2D eigenvalue weighted by Crippen LogP contribution is 2.11. The first kappa shape index (κ1) is 19.8. The Balaban J connectivity index is 1.74. The van der Waals surface area contributed by atoms with Crippen LogP contribution in [-0.4, -0.2) is 49.9 Å². The molecule has 0 spiro atoms. The van der Waals surface area contributed by atoms with Crippen LogP contribution in [0.3, 0.4) is 0 Å². The number of anilines is 1. The van der Waals surface area contributed by atoms with Crippen molar-refractivity contribution in [3.8, 4) is 5.75 Å². The largest absolute Gasteiger partial charge is 0.486 e. The van der Waals surface area contributed by atoms with Gasteiger partial charge in [-0.25, -0.2) is 0 Å². The summed E-state index contributed by atoms with van der Waals surface area (Å²) in [6.07, 6.45) is 0. The van der Waals surface area contributed by atoms with Crippen LogP contribution >= 0.6 is 0 Å². The summed E-state index contributed by atoms with van der Waals surface area (Å²) in [7, 11) is 3.35. The van der Waals surface area contributed by atoms with Crippen LogP contribution in [0.25, 0.3) is 0 Å². The predicted octanol–water partition coefficient (Wildman–Crippen LogP) is 1.69. The molecule has 0 saturated carbocycles. The van der Waals surface area contributed by atoms with Crippen molar-refractivity contribution in [2.45, 2.75) is 0 Å². The molecule has 0 radical (unpaired) electrons. The molecule has 2 aromatic rings. The summed E-state index contributed by atoms with van der Waals surface area (Å²) in [5.74, 6) is 0.253. The Labute approximate surface area is 157 Å². The van der Waals surface area contributed by atoms with E-state index in [1.165, 1.54) is 4.90 Å². The molecule has 0 aromatic heterocycles. The third kappa shape index (κ3) is 6.69. The van der Waals surface area contributed by atoms with Gasteiger partial charge in [0.15, 0.2) is 12.4 Å². The second kappa shape index (κ2) is 9.81. The van der Waals surface area contributed by atoms with Crippen LogP contribution in [0, 0.1) is 0 Å². The first-order valence-electron chi connectivity index (χ1n) is 8.19. The summed E-state index contributed by atoms with van der Waals surface area (Å²) in [6.45, 7) is -0.253. The van der Waals surface area contributed by atoms with Gasteiger partial charge in [-0.3, -0.25) is 9.59 Å². The van der Waals surface area contributed by atoms with E-state index >= 15 is 0 Å². The summed E-state index contributed by atoms with van der Waals surface area (Å²) in [4.78, 5) is 30.1. The Morgan fingerprint density at radius 3 is 2.33 bits per heavy atom. The summed E-state index contributed by atoms with van der Waals surface area (Å²) in [5.41, 5.74) is 6.74. The average molecular weight is 370 g/mol. The molecular weight excluding hydrogens is 348 g/mol. The molecule has 0 fully saturated rings. The number of nitrogens with two attached hydrogens (primary N) is 1.